The van der Waals surface area contributed by atoms with Gasteiger partial charge in [0.25, 0.3) is 5.91 Å². The first kappa shape index (κ1) is 25.3. The van der Waals surface area contributed by atoms with Crippen LogP contribution in [-0.4, -0.2) is 34.8 Å². The molecule has 0 spiro atoms. The Labute approximate surface area is 212 Å². The molecule has 2 heterocycles. The van der Waals surface area contributed by atoms with Gasteiger partial charge in [-0.2, -0.15) is 0 Å². The van der Waals surface area contributed by atoms with E-state index in [4.69, 9.17) is 10.1 Å². The van der Waals surface area contributed by atoms with Crippen molar-refractivity contribution in [3.05, 3.63) is 83.1 Å². The standard InChI is InChI=1S/C29H34N4O3/c1-5-19(4)26(33-25(34)18-29(6-2,7-3)32-28(33)30)20-11-10-12-21(17-20)27(35)31-23-15-16-36-24-14-9-8-13-22(23)24/h8-14,17,23,26H,1,6-7,15-16,18H2,2-4H3,(H2,30,32)(H,31,35)/t23-,26?/m0/s1. The van der Waals surface area contributed by atoms with Crippen LogP contribution in [-0.2, 0) is 4.79 Å². The molecule has 0 aromatic heterocycles. The molecule has 1 unspecified atom stereocenters. The molecule has 2 aliphatic heterocycles. The van der Waals surface area contributed by atoms with Crippen LogP contribution in [0, 0.1) is 5.41 Å². The topological polar surface area (TPSA) is 94.5 Å². The summed E-state index contributed by atoms with van der Waals surface area (Å²) in [5.74, 6) is 0.519. The molecular weight excluding hydrogens is 452 g/mol. The second-order valence-electron chi connectivity index (χ2n) is 9.49. The highest BCUT2D eigenvalue weighted by molar-refractivity contribution is 6.00. The largest absolute Gasteiger partial charge is 0.493 e. The van der Waals surface area contributed by atoms with Crippen LogP contribution in [0.5, 0.6) is 5.75 Å². The highest BCUT2D eigenvalue weighted by atomic mass is 16.5. The van der Waals surface area contributed by atoms with E-state index in [2.05, 4.69) is 22.9 Å². The Kier molecular flexibility index (Phi) is 7.32. The number of rotatable bonds is 7. The van der Waals surface area contributed by atoms with Gasteiger partial charge in [0, 0.05) is 23.1 Å². The number of amides is 2. The maximum Gasteiger partial charge on any atom is 0.251 e. The van der Waals surface area contributed by atoms with Gasteiger partial charge in [-0.1, -0.05) is 50.8 Å². The van der Waals surface area contributed by atoms with E-state index in [1.165, 1.54) is 4.90 Å². The Morgan fingerprint density at radius 1 is 1.28 bits per heavy atom. The number of carbonyl (C=O) groups is 2. The molecule has 0 aliphatic carbocycles. The van der Waals surface area contributed by atoms with Crippen molar-refractivity contribution in [2.24, 2.45) is 0 Å². The number of carbonyl (C=O) groups excluding carboxylic acids is 2. The summed E-state index contributed by atoms with van der Waals surface area (Å²) in [5.41, 5.74) is 5.37. The lowest BCUT2D eigenvalue weighted by Crippen LogP contribution is -2.62. The summed E-state index contributed by atoms with van der Waals surface area (Å²) in [4.78, 5) is 28.1. The maximum atomic E-state index is 13.4. The molecule has 2 aromatic carbocycles. The lowest BCUT2D eigenvalue weighted by molar-refractivity contribution is -0.132. The number of benzene rings is 2. The van der Waals surface area contributed by atoms with Gasteiger partial charge in [0.1, 0.15) is 5.75 Å². The summed E-state index contributed by atoms with van der Waals surface area (Å²) < 4.78 is 5.72. The first-order chi connectivity index (χ1) is 17.3. The molecule has 2 amide bonds. The zero-order valence-corrected chi connectivity index (χ0v) is 21.2. The summed E-state index contributed by atoms with van der Waals surface area (Å²) in [6.45, 7) is 10.2. The summed E-state index contributed by atoms with van der Waals surface area (Å²) in [6, 6.07) is 14.2. The molecule has 36 heavy (non-hydrogen) atoms. The fourth-order valence-electron chi connectivity index (χ4n) is 5.08. The zero-order chi connectivity index (χ0) is 25.9. The molecule has 188 valence electrons. The second-order valence-corrected chi connectivity index (χ2v) is 9.49. The quantitative estimate of drug-likeness (QED) is 0.479. The van der Waals surface area contributed by atoms with Crippen molar-refractivity contribution in [3.63, 3.8) is 0 Å². The Bertz CT molecular complexity index is 1210. The first-order valence-electron chi connectivity index (χ1n) is 12.5. The first-order valence-corrected chi connectivity index (χ1v) is 12.5. The Morgan fingerprint density at radius 2 is 2.03 bits per heavy atom. The van der Waals surface area contributed by atoms with Crippen LogP contribution in [0.1, 0.15) is 80.0 Å². The number of fused-ring (bicyclic) bond motifs is 1. The number of nitrogens with one attached hydrogen (secondary N) is 3. The molecule has 1 fully saturated rings. The van der Waals surface area contributed by atoms with Gasteiger partial charge in [-0.15, -0.1) is 5.73 Å². The maximum absolute atomic E-state index is 13.4. The van der Waals surface area contributed by atoms with Crippen LogP contribution in [0.25, 0.3) is 0 Å². The molecule has 4 rings (SSSR count). The van der Waals surface area contributed by atoms with Gasteiger partial charge in [-0.25, -0.2) is 0 Å². The van der Waals surface area contributed by atoms with Crippen molar-refractivity contribution in [3.8, 4) is 5.75 Å². The van der Waals surface area contributed by atoms with Gasteiger partial charge in [0.15, 0.2) is 5.96 Å². The molecule has 0 bridgehead atoms. The van der Waals surface area contributed by atoms with E-state index in [0.717, 1.165) is 29.7 Å². The second kappa shape index (κ2) is 10.4. The summed E-state index contributed by atoms with van der Waals surface area (Å²) in [6.07, 6.45) is 2.48. The lowest BCUT2D eigenvalue weighted by Gasteiger charge is -2.45. The zero-order valence-electron chi connectivity index (χ0n) is 21.2. The average Bonchev–Trinajstić information content (AvgIpc) is 2.90. The SMILES string of the molecule is C=C=C(C)C(c1cccc(C(=O)N[C@H]2CCOc3ccccc32)c1)N1C(=N)NC(CC)(CC)CC1=O. The van der Waals surface area contributed by atoms with Gasteiger partial charge in [0.2, 0.25) is 5.91 Å². The number of nitrogens with zero attached hydrogens (tertiary/aromatic N) is 1. The molecule has 1 saturated heterocycles. The molecular formula is C29H34N4O3. The van der Waals surface area contributed by atoms with Gasteiger partial charge in [-0.3, -0.25) is 19.9 Å². The third kappa shape index (κ3) is 4.79. The smallest absolute Gasteiger partial charge is 0.251 e. The van der Waals surface area contributed by atoms with E-state index in [-0.39, 0.29) is 23.8 Å². The molecule has 2 aromatic rings. The van der Waals surface area contributed by atoms with Crippen molar-refractivity contribution in [2.45, 2.75) is 64.1 Å². The minimum absolute atomic E-state index is 0.0585. The minimum Gasteiger partial charge on any atom is -0.493 e. The molecule has 0 saturated carbocycles. The highest BCUT2D eigenvalue weighted by Gasteiger charge is 2.42. The normalized spacial score (nSPS) is 19.3. The number of ether oxygens (including phenoxy) is 1. The van der Waals surface area contributed by atoms with Gasteiger partial charge < -0.3 is 15.4 Å². The molecule has 7 heteroatoms. The van der Waals surface area contributed by atoms with E-state index in [1.807, 2.05) is 51.1 Å². The van der Waals surface area contributed by atoms with Crippen molar-refractivity contribution < 1.29 is 14.3 Å². The van der Waals surface area contributed by atoms with Crippen molar-refractivity contribution in [1.82, 2.24) is 15.5 Å². The van der Waals surface area contributed by atoms with E-state index in [0.29, 0.717) is 30.6 Å². The molecule has 2 aliphatic rings. The fourth-order valence-corrected chi connectivity index (χ4v) is 5.08. The molecule has 2 atom stereocenters. The summed E-state index contributed by atoms with van der Waals surface area (Å²) in [7, 11) is 0. The predicted octanol–water partition coefficient (Wildman–Crippen LogP) is 5.03. The number of hydrogen-bond acceptors (Lipinski definition) is 4. The van der Waals surface area contributed by atoms with Crippen LogP contribution in [0.2, 0.25) is 0 Å². The Balaban J connectivity index is 1.62. The predicted molar refractivity (Wildman–Crippen MR) is 140 cm³/mol. The van der Waals surface area contributed by atoms with Crippen molar-refractivity contribution in [2.75, 3.05) is 6.61 Å². The monoisotopic (exact) mass is 486 g/mol. The van der Waals surface area contributed by atoms with Crippen molar-refractivity contribution >= 4 is 17.8 Å². The van der Waals surface area contributed by atoms with E-state index in [1.54, 1.807) is 18.2 Å². The van der Waals surface area contributed by atoms with Crippen LogP contribution in [0.3, 0.4) is 0 Å². The molecule has 7 nitrogen and oxygen atoms in total. The lowest BCUT2D eigenvalue weighted by atomic mass is 9.85. The third-order valence-corrected chi connectivity index (χ3v) is 7.41. The Hall–Kier alpha value is -3.83. The molecule has 3 N–H and O–H groups in total. The fraction of sp³-hybridized carbons (Fsp3) is 0.379. The number of guanidine groups is 1. The third-order valence-electron chi connectivity index (χ3n) is 7.41. The van der Waals surface area contributed by atoms with E-state index < -0.39 is 11.6 Å². The highest BCUT2D eigenvalue weighted by Crippen LogP contribution is 2.35. The average molecular weight is 487 g/mol. The van der Waals surface area contributed by atoms with E-state index in [9.17, 15) is 9.59 Å². The number of para-hydroxylation sites is 1. The van der Waals surface area contributed by atoms with Gasteiger partial charge >= 0.3 is 0 Å². The summed E-state index contributed by atoms with van der Waals surface area (Å²) >= 11 is 0. The van der Waals surface area contributed by atoms with Crippen molar-refractivity contribution in [1.29, 1.82) is 5.41 Å². The van der Waals surface area contributed by atoms with Crippen LogP contribution in [0.4, 0.5) is 0 Å². The summed E-state index contributed by atoms with van der Waals surface area (Å²) in [5, 5.41) is 15.1. The van der Waals surface area contributed by atoms with Crippen LogP contribution < -0.4 is 15.4 Å². The van der Waals surface area contributed by atoms with Crippen LogP contribution >= 0.6 is 0 Å². The van der Waals surface area contributed by atoms with Gasteiger partial charge in [0.05, 0.1) is 25.1 Å². The van der Waals surface area contributed by atoms with Gasteiger partial charge in [-0.05, 0) is 49.1 Å². The van der Waals surface area contributed by atoms with E-state index >= 15 is 0 Å². The molecule has 0 radical (unpaired) electrons. The Morgan fingerprint density at radius 3 is 2.72 bits per heavy atom. The minimum atomic E-state index is -0.585. The van der Waals surface area contributed by atoms with Crippen LogP contribution in [0.15, 0.2) is 66.4 Å². The number of hydrogen-bond donors (Lipinski definition) is 3.